The molecule has 162 valence electrons. The predicted octanol–water partition coefficient (Wildman–Crippen LogP) is 4.40. The Kier molecular flexibility index (Phi) is 5.64. The summed E-state index contributed by atoms with van der Waals surface area (Å²) < 4.78 is 5.43. The fraction of sp³-hybridized carbons (Fsp3) is 0.280. The Bertz CT molecular complexity index is 1240. The standard InChI is InChI=1S/C25H26N6O/c1-32-19-6-4-5-18(14-19)20-15-29-25(26)30-24(20)23-7-2-3-12-31(23)16-17-8-9-21-22(13-17)28-11-10-27-21/h4-6,8-11,13-15,23H,2-3,7,12,16H2,1H3,(H2,26,29,30)/t23-/m1/s1. The van der Waals surface area contributed by atoms with E-state index in [1.165, 1.54) is 12.0 Å². The van der Waals surface area contributed by atoms with Gasteiger partial charge in [0.15, 0.2) is 0 Å². The zero-order valence-corrected chi connectivity index (χ0v) is 18.1. The summed E-state index contributed by atoms with van der Waals surface area (Å²) in [6.45, 7) is 1.82. The molecule has 0 aliphatic carbocycles. The van der Waals surface area contributed by atoms with Gasteiger partial charge in [0, 0.05) is 30.7 Å². The fourth-order valence-electron chi connectivity index (χ4n) is 4.51. The minimum absolute atomic E-state index is 0.160. The number of hydrogen-bond acceptors (Lipinski definition) is 7. The summed E-state index contributed by atoms with van der Waals surface area (Å²) >= 11 is 0. The molecule has 0 saturated carbocycles. The fourth-order valence-corrected chi connectivity index (χ4v) is 4.51. The molecule has 32 heavy (non-hydrogen) atoms. The lowest BCUT2D eigenvalue weighted by atomic mass is 9.93. The van der Waals surface area contributed by atoms with Crippen molar-refractivity contribution in [3.8, 4) is 16.9 Å². The highest BCUT2D eigenvalue weighted by molar-refractivity contribution is 5.74. The largest absolute Gasteiger partial charge is 0.497 e. The van der Waals surface area contributed by atoms with Crippen LogP contribution >= 0.6 is 0 Å². The molecule has 1 aliphatic rings. The molecule has 7 heteroatoms. The van der Waals surface area contributed by atoms with E-state index in [1.54, 1.807) is 19.5 Å². The van der Waals surface area contributed by atoms with Crippen molar-refractivity contribution in [3.63, 3.8) is 0 Å². The van der Waals surface area contributed by atoms with Crippen molar-refractivity contribution >= 4 is 17.0 Å². The first-order valence-corrected chi connectivity index (χ1v) is 10.9. The minimum atomic E-state index is 0.160. The monoisotopic (exact) mass is 426 g/mol. The van der Waals surface area contributed by atoms with Crippen LogP contribution in [0.2, 0.25) is 0 Å². The molecule has 0 radical (unpaired) electrons. The third-order valence-corrected chi connectivity index (χ3v) is 6.07. The quantitative estimate of drug-likeness (QED) is 0.506. The molecule has 0 amide bonds. The van der Waals surface area contributed by atoms with Gasteiger partial charge >= 0.3 is 0 Å². The van der Waals surface area contributed by atoms with Crippen LogP contribution in [0.1, 0.15) is 36.6 Å². The second kappa shape index (κ2) is 8.88. The molecule has 4 aromatic rings. The van der Waals surface area contributed by atoms with E-state index in [2.05, 4.69) is 38.1 Å². The Hall–Kier alpha value is -3.58. The van der Waals surface area contributed by atoms with E-state index in [4.69, 9.17) is 15.5 Å². The number of hydrogen-bond donors (Lipinski definition) is 1. The van der Waals surface area contributed by atoms with Crippen LogP contribution in [0.25, 0.3) is 22.2 Å². The highest BCUT2D eigenvalue weighted by atomic mass is 16.5. The van der Waals surface area contributed by atoms with Gasteiger partial charge in [0.1, 0.15) is 5.75 Å². The van der Waals surface area contributed by atoms with Crippen LogP contribution in [0.5, 0.6) is 5.75 Å². The Morgan fingerprint density at radius 1 is 1.03 bits per heavy atom. The number of nitrogens with zero attached hydrogens (tertiary/aromatic N) is 5. The molecule has 3 heterocycles. The van der Waals surface area contributed by atoms with E-state index in [1.807, 2.05) is 30.5 Å². The van der Waals surface area contributed by atoms with Gasteiger partial charge in [-0.05, 0) is 54.8 Å². The molecule has 1 aliphatic heterocycles. The van der Waals surface area contributed by atoms with Gasteiger partial charge in [-0.15, -0.1) is 0 Å². The maximum absolute atomic E-state index is 6.05. The highest BCUT2D eigenvalue weighted by Gasteiger charge is 2.28. The van der Waals surface area contributed by atoms with Crippen molar-refractivity contribution in [2.24, 2.45) is 0 Å². The first-order valence-electron chi connectivity index (χ1n) is 10.9. The summed E-state index contributed by atoms with van der Waals surface area (Å²) in [5.41, 5.74) is 12.1. The third kappa shape index (κ3) is 4.11. The number of fused-ring (bicyclic) bond motifs is 1. The zero-order valence-electron chi connectivity index (χ0n) is 18.1. The first-order chi connectivity index (χ1) is 15.7. The van der Waals surface area contributed by atoms with E-state index < -0.39 is 0 Å². The van der Waals surface area contributed by atoms with Crippen molar-refractivity contribution < 1.29 is 4.74 Å². The van der Waals surface area contributed by atoms with Crippen LogP contribution in [-0.2, 0) is 6.54 Å². The number of methoxy groups -OCH3 is 1. The molecule has 2 aromatic heterocycles. The lowest BCUT2D eigenvalue weighted by Crippen LogP contribution is -2.34. The summed E-state index contributed by atoms with van der Waals surface area (Å²) in [6, 6.07) is 14.5. The molecule has 1 atom stereocenters. The molecule has 0 bridgehead atoms. The van der Waals surface area contributed by atoms with Crippen molar-refractivity contribution in [2.75, 3.05) is 19.4 Å². The lowest BCUT2D eigenvalue weighted by Gasteiger charge is -2.36. The van der Waals surface area contributed by atoms with Crippen LogP contribution < -0.4 is 10.5 Å². The normalized spacial score (nSPS) is 16.8. The predicted molar refractivity (Wildman–Crippen MR) is 125 cm³/mol. The number of rotatable bonds is 5. The average Bonchev–Trinajstić information content (AvgIpc) is 2.84. The SMILES string of the molecule is COc1cccc(-c2cnc(N)nc2[C@H]2CCCCN2Cc2ccc3nccnc3c2)c1. The van der Waals surface area contributed by atoms with Crippen LogP contribution in [-0.4, -0.2) is 38.5 Å². The molecular formula is C25H26N6O. The number of nitrogens with two attached hydrogens (primary N) is 1. The zero-order chi connectivity index (χ0) is 21.9. The van der Waals surface area contributed by atoms with Gasteiger partial charge in [-0.25, -0.2) is 9.97 Å². The van der Waals surface area contributed by atoms with Crippen LogP contribution in [0.3, 0.4) is 0 Å². The number of piperidine rings is 1. The van der Waals surface area contributed by atoms with Gasteiger partial charge < -0.3 is 10.5 Å². The summed E-state index contributed by atoms with van der Waals surface area (Å²) in [5, 5.41) is 0. The van der Waals surface area contributed by atoms with Gasteiger partial charge in [0.25, 0.3) is 0 Å². The summed E-state index contributed by atoms with van der Waals surface area (Å²) in [7, 11) is 1.68. The van der Waals surface area contributed by atoms with Gasteiger partial charge in [0.05, 0.1) is 29.9 Å². The molecule has 0 unspecified atom stereocenters. The number of anilines is 1. The minimum Gasteiger partial charge on any atom is -0.497 e. The molecule has 5 rings (SSSR count). The number of nitrogen functional groups attached to an aromatic ring is 1. The van der Waals surface area contributed by atoms with Gasteiger partial charge in [-0.2, -0.15) is 0 Å². The maximum atomic E-state index is 6.05. The second-order valence-corrected chi connectivity index (χ2v) is 8.12. The molecular weight excluding hydrogens is 400 g/mol. The molecule has 2 N–H and O–H groups in total. The number of benzene rings is 2. The topological polar surface area (TPSA) is 90.0 Å². The molecule has 1 saturated heterocycles. The van der Waals surface area contributed by atoms with E-state index in [0.29, 0.717) is 5.95 Å². The summed E-state index contributed by atoms with van der Waals surface area (Å²) in [4.78, 5) is 20.4. The van der Waals surface area contributed by atoms with Gasteiger partial charge in [-0.1, -0.05) is 24.6 Å². The van der Waals surface area contributed by atoms with Gasteiger partial charge in [0.2, 0.25) is 5.95 Å². The van der Waals surface area contributed by atoms with Crippen molar-refractivity contribution in [1.29, 1.82) is 0 Å². The van der Waals surface area contributed by atoms with Crippen LogP contribution in [0.15, 0.2) is 61.1 Å². The van der Waals surface area contributed by atoms with Crippen molar-refractivity contribution in [2.45, 2.75) is 31.8 Å². The second-order valence-electron chi connectivity index (χ2n) is 8.12. The molecule has 1 fully saturated rings. The van der Waals surface area contributed by atoms with Crippen LogP contribution in [0.4, 0.5) is 5.95 Å². The summed E-state index contributed by atoms with van der Waals surface area (Å²) in [6.07, 6.45) is 8.65. The van der Waals surface area contributed by atoms with E-state index in [0.717, 1.165) is 59.5 Å². The summed E-state index contributed by atoms with van der Waals surface area (Å²) in [5.74, 6) is 1.11. The van der Waals surface area contributed by atoms with E-state index in [-0.39, 0.29) is 6.04 Å². The van der Waals surface area contributed by atoms with Crippen LogP contribution in [0, 0.1) is 0 Å². The Morgan fingerprint density at radius 2 is 1.91 bits per heavy atom. The third-order valence-electron chi connectivity index (χ3n) is 6.07. The average molecular weight is 427 g/mol. The smallest absolute Gasteiger partial charge is 0.220 e. The van der Waals surface area contributed by atoms with E-state index >= 15 is 0 Å². The number of likely N-dealkylation sites (tertiary alicyclic amines) is 1. The Balaban J connectivity index is 1.51. The molecule has 2 aromatic carbocycles. The molecule has 7 nitrogen and oxygen atoms in total. The Morgan fingerprint density at radius 3 is 2.78 bits per heavy atom. The highest BCUT2D eigenvalue weighted by Crippen LogP contribution is 2.37. The maximum Gasteiger partial charge on any atom is 0.220 e. The molecule has 0 spiro atoms. The lowest BCUT2D eigenvalue weighted by molar-refractivity contribution is 0.138. The number of aromatic nitrogens is 4. The Labute approximate surface area is 187 Å². The number of ether oxygens (including phenoxy) is 1. The van der Waals surface area contributed by atoms with Gasteiger partial charge in [-0.3, -0.25) is 14.9 Å². The van der Waals surface area contributed by atoms with Crippen molar-refractivity contribution in [1.82, 2.24) is 24.8 Å². The first kappa shape index (κ1) is 20.3. The van der Waals surface area contributed by atoms with E-state index in [9.17, 15) is 0 Å². The van der Waals surface area contributed by atoms with Crippen molar-refractivity contribution in [3.05, 3.63) is 72.3 Å².